The summed E-state index contributed by atoms with van der Waals surface area (Å²) in [5.41, 5.74) is 2.19. The minimum atomic E-state index is -3.88. The Morgan fingerprint density at radius 3 is 2.31 bits per heavy atom. The Balaban J connectivity index is 1.55. The number of nitrogens with one attached hydrogen (secondary N) is 1. The Morgan fingerprint density at radius 1 is 1.07 bits per heavy atom. The van der Waals surface area contributed by atoms with Crippen LogP contribution in [0.2, 0.25) is 0 Å². The van der Waals surface area contributed by atoms with Gasteiger partial charge in [0, 0.05) is 32.7 Å². The van der Waals surface area contributed by atoms with Crippen molar-refractivity contribution >= 4 is 15.9 Å². The number of hydrogen-bond donors (Lipinski definition) is 1. The zero-order valence-corrected chi connectivity index (χ0v) is 17.5. The fraction of sp³-hybridized carbons (Fsp3) is 0.381. The number of aryl methyl sites for hydroxylation is 1. The minimum absolute atomic E-state index is 0.101. The largest absolute Gasteiger partial charge is 0.351 e. The molecule has 0 unspecified atom stereocenters. The van der Waals surface area contributed by atoms with Crippen molar-refractivity contribution in [1.82, 2.24) is 14.5 Å². The zero-order valence-electron chi connectivity index (χ0n) is 16.6. The predicted octanol–water partition coefficient (Wildman–Crippen LogP) is 2.15. The molecule has 8 heteroatoms. The number of hydrogen-bond acceptors (Lipinski definition) is 4. The number of carbonyl (C=O) groups is 1. The lowest BCUT2D eigenvalue weighted by Gasteiger charge is -2.36. The van der Waals surface area contributed by atoms with E-state index in [1.807, 2.05) is 43.0 Å². The van der Waals surface area contributed by atoms with Crippen LogP contribution in [0, 0.1) is 12.7 Å². The van der Waals surface area contributed by atoms with Crippen molar-refractivity contribution in [2.45, 2.75) is 31.3 Å². The Labute approximate surface area is 171 Å². The normalized spacial score (nSPS) is 17.1. The van der Waals surface area contributed by atoms with Gasteiger partial charge in [-0.25, -0.2) is 12.8 Å². The molecule has 29 heavy (non-hydrogen) atoms. The highest BCUT2D eigenvalue weighted by Gasteiger charge is 2.33. The van der Waals surface area contributed by atoms with Crippen molar-refractivity contribution in [3.05, 3.63) is 65.5 Å². The van der Waals surface area contributed by atoms with Gasteiger partial charge in [-0.2, -0.15) is 4.31 Å². The Morgan fingerprint density at radius 2 is 1.69 bits per heavy atom. The molecule has 1 amide bonds. The number of carbonyl (C=O) groups excluding carboxylic acids is 1. The molecule has 0 aromatic heterocycles. The van der Waals surface area contributed by atoms with Gasteiger partial charge >= 0.3 is 0 Å². The summed E-state index contributed by atoms with van der Waals surface area (Å²) in [5, 5.41) is 2.93. The minimum Gasteiger partial charge on any atom is -0.351 e. The number of benzene rings is 2. The van der Waals surface area contributed by atoms with E-state index in [9.17, 15) is 17.6 Å². The lowest BCUT2D eigenvalue weighted by Crippen LogP contribution is -2.54. The maximum absolute atomic E-state index is 13.9. The van der Waals surface area contributed by atoms with Gasteiger partial charge in [0.25, 0.3) is 0 Å². The molecule has 1 aliphatic rings. The van der Waals surface area contributed by atoms with Crippen LogP contribution < -0.4 is 5.32 Å². The van der Waals surface area contributed by atoms with Gasteiger partial charge in [-0.15, -0.1) is 0 Å². The van der Waals surface area contributed by atoms with Gasteiger partial charge in [-0.05, 0) is 31.5 Å². The maximum Gasteiger partial charge on any atom is 0.246 e. The van der Waals surface area contributed by atoms with E-state index >= 15 is 0 Å². The SMILES string of the molecule is Cc1ccc(CNC(=O)[C@@H](C)N2CCN(S(=O)(=O)c3ccccc3F)CC2)cc1. The van der Waals surface area contributed by atoms with Crippen molar-refractivity contribution in [3.8, 4) is 0 Å². The summed E-state index contributed by atoms with van der Waals surface area (Å²) < 4.78 is 40.6. The van der Waals surface area contributed by atoms with Gasteiger partial charge in [0.1, 0.15) is 10.7 Å². The first-order valence-corrected chi connectivity index (χ1v) is 11.0. The lowest BCUT2D eigenvalue weighted by molar-refractivity contribution is -0.126. The topological polar surface area (TPSA) is 69.7 Å². The van der Waals surface area contributed by atoms with Gasteiger partial charge in [-0.1, -0.05) is 42.0 Å². The van der Waals surface area contributed by atoms with Crippen LogP contribution in [0.3, 0.4) is 0 Å². The Hall–Kier alpha value is -2.29. The number of amides is 1. The summed E-state index contributed by atoms with van der Waals surface area (Å²) in [6.45, 7) is 5.52. The van der Waals surface area contributed by atoms with E-state index in [2.05, 4.69) is 5.32 Å². The molecule has 6 nitrogen and oxygen atoms in total. The van der Waals surface area contributed by atoms with E-state index in [1.54, 1.807) is 0 Å². The summed E-state index contributed by atoms with van der Waals surface area (Å²) in [7, 11) is -3.88. The summed E-state index contributed by atoms with van der Waals surface area (Å²) in [6.07, 6.45) is 0. The molecule has 3 rings (SSSR count). The molecule has 2 aromatic carbocycles. The van der Waals surface area contributed by atoms with Crippen molar-refractivity contribution in [2.24, 2.45) is 0 Å². The molecule has 1 heterocycles. The van der Waals surface area contributed by atoms with Gasteiger partial charge in [0.05, 0.1) is 6.04 Å². The highest BCUT2D eigenvalue weighted by atomic mass is 32.2. The molecule has 0 radical (unpaired) electrons. The third-order valence-corrected chi connectivity index (χ3v) is 7.17. The molecule has 2 aromatic rings. The fourth-order valence-corrected chi connectivity index (χ4v) is 4.82. The Kier molecular flexibility index (Phi) is 6.66. The summed E-state index contributed by atoms with van der Waals surface area (Å²) >= 11 is 0. The molecular formula is C21H26FN3O3S. The highest BCUT2D eigenvalue weighted by Crippen LogP contribution is 2.21. The molecule has 1 atom stereocenters. The predicted molar refractivity (Wildman–Crippen MR) is 109 cm³/mol. The zero-order chi connectivity index (χ0) is 21.0. The molecule has 0 saturated carbocycles. The van der Waals surface area contributed by atoms with Crippen LogP contribution in [0.1, 0.15) is 18.1 Å². The van der Waals surface area contributed by atoms with Crippen molar-refractivity contribution in [1.29, 1.82) is 0 Å². The molecule has 0 bridgehead atoms. The smallest absolute Gasteiger partial charge is 0.246 e. The quantitative estimate of drug-likeness (QED) is 0.779. The van der Waals surface area contributed by atoms with E-state index in [-0.39, 0.29) is 29.9 Å². The first-order chi connectivity index (χ1) is 13.8. The van der Waals surface area contributed by atoms with Gasteiger partial charge in [0.15, 0.2) is 0 Å². The molecule has 0 aliphatic carbocycles. The number of nitrogens with zero attached hydrogens (tertiary/aromatic N) is 2. The van der Waals surface area contributed by atoms with Crippen molar-refractivity contribution < 1.29 is 17.6 Å². The first-order valence-electron chi connectivity index (χ1n) is 9.61. The van der Waals surface area contributed by atoms with Gasteiger partial charge in [-0.3, -0.25) is 9.69 Å². The van der Waals surface area contributed by atoms with Gasteiger partial charge < -0.3 is 5.32 Å². The van der Waals surface area contributed by atoms with Crippen molar-refractivity contribution in [3.63, 3.8) is 0 Å². The Bertz CT molecular complexity index is 955. The van der Waals surface area contributed by atoms with Crippen LogP contribution in [0.25, 0.3) is 0 Å². The monoisotopic (exact) mass is 419 g/mol. The van der Waals surface area contributed by atoms with E-state index in [4.69, 9.17) is 0 Å². The number of piperazine rings is 1. The average molecular weight is 420 g/mol. The van der Waals surface area contributed by atoms with Crippen LogP contribution in [0.4, 0.5) is 4.39 Å². The second-order valence-electron chi connectivity index (χ2n) is 7.25. The molecule has 0 spiro atoms. The highest BCUT2D eigenvalue weighted by molar-refractivity contribution is 7.89. The van der Waals surface area contributed by atoms with Crippen LogP contribution in [0.5, 0.6) is 0 Å². The second-order valence-corrected chi connectivity index (χ2v) is 9.16. The second kappa shape index (κ2) is 9.02. The van der Waals surface area contributed by atoms with E-state index in [0.29, 0.717) is 19.6 Å². The standard InChI is InChI=1S/C21H26FN3O3S/c1-16-7-9-18(10-8-16)15-23-21(26)17(2)24-11-13-25(14-12-24)29(27,28)20-6-4-3-5-19(20)22/h3-10,17H,11-15H2,1-2H3,(H,23,26)/t17-/m1/s1. The van der Waals surface area contributed by atoms with Crippen molar-refractivity contribution in [2.75, 3.05) is 26.2 Å². The van der Waals surface area contributed by atoms with Crippen LogP contribution in [-0.4, -0.2) is 55.8 Å². The molecule has 1 N–H and O–H groups in total. The first kappa shape index (κ1) is 21.4. The molecule has 156 valence electrons. The van der Waals surface area contributed by atoms with E-state index in [0.717, 1.165) is 17.2 Å². The van der Waals surface area contributed by atoms with E-state index in [1.165, 1.54) is 22.5 Å². The average Bonchev–Trinajstić information content (AvgIpc) is 2.73. The summed E-state index contributed by atoms with van der Waals surface area (Å²) in [5.74, 6) is -0.852. The van der Waals surface area contributed by atoms with Crippen LogP contribution >= 0.6 is 0 Å². The van der Waals surface area contributed by atoms with E-state index < -0.39 is 15.8 Å². The molecule has 1 fully saturated rings. The van der Waals surface area contributed by atoms with Gasteiger partial charge in [0.2, 0.25) is 15.9 Å². The summed E-state index contributed by atoms with van der Waals surface area (Å²) in [4.78, 5) is 14.1. The van der Waals surface area contributed by atoms with Crippen LogP contribution in [0.15, 0.2) is 53.4 Å². The fourth-order valence-electron chi connectivity index (χ4n) is 3.33. The molecular weight excluding hydrogens is 393 g/mol. The van der Waals surface area contributed by atoms with Crippen LogP contribution in [-0.2, 0) is 21.4 Å². The maximum atomic E-state index is 13.9. The third kappa shape index (κ3) is 5.01. The number of sulfonamides is 1. The third-order valence-electron chi connectivity index (χ3n) is 5.24. The lowest BCUT2D eigenvalue weighted by atomic mass is 10.1. The summed E-state index contributed by atoms with van der Waals surface area (Å²) in [6, 6.07) is 13.0. The molecule has 1 aliphatic heterocycles. The number of rotatable bonds is 6. The molecule has 1 saturated heterocycles. The number of halogens is 1.